The molecular weight excluding hydrogens is 271 g/mol. The molecule has 1 aliphatic carbocycles. The fraction of sp³-hybridized carbons (Fsp3) is 0.562. The molecule has 3 N–H and O–H groups in total. The number of carboxylic acid groups (broad SMARTS) is 1. The number of anilines is 2. The van der Waals surface area contributed by atoms with Crippen LogP contribution in [-0.4, -0.2) is 23.7 Å². The van der Waals surface area contributed by atoms with Gasteiger partial charge in [-0.2, -0.15) is 0 Å². The van der Waals surface area contributed by atoms with Gasteiger partial charge in [-0.3, -0.25) is 0 Å². The first-order valence-corrected chi connectivity index (χ1v) is 7.67. The van der Waals surface area contributed by atoms with Crippen molar-refractivity contribution >= 4 is 17.3 Å². The fourth-order valence-electron chi connectivity index (χ4n) is 3.92. The summed E-state index contributed by atoms with van der Waals surface area (Å²) in [6.45, 7) is 0.872. The Morgan fingerprint density at radius 1 is 1.24 bits per heavy atom. The van der Waals surface area contributed by atoms with Crippen LogP contribution in [0.15, 0.2) is 12.1 Å². The zero-order chi connectivity index (χ0) is 15.0. The van der Waals surface area contributed by atoms with E-state index in [1.165, 1.54) is 37.8 Å². The second-order valence-electron chi connectivity index (χ2n) is 6.14. The Bertz CT molecular complexity index is 555. The predicted octanol–water partition coefficient (Wildman–Crippen LogP) is 3.27. The molecule has 1 atom stereocenters. The van der Waals surface area contributed by atoms with Crippen LogP contribution in [0.5, 0.6) is 0 Å². The number of aromatic carboxylic acids is 1. The molecule has 1 aromatic carbocycles. The summed E-state index contributed by atoms with van der Waals surface area (Å²) in [5.74, 6) is -1.32. The highest BCUT2D eigenvalue weighted by Gasteiger charge is 2.34. The standard InChI is InChI=1S/C16H21FN2O2/c17-12-9-15(13(18)8-11(12)16(20)21)19-7-3-6-14(19)10-4-1-2-5-10/h8-10,14H,1-7,18H2,(H,20,21). The third-order valence-corrected chi connectivity index (χ3v) is 4.90. The first-order valence-electron chi connectivity index (χ1n) is 7.67. The largest absolute Gasteiger partial charge is 0.478 e. The van der Waals surface area contributed by atoms with E-state index in [2.05, 4.69) is 4.90 Å². The number of halogens is 1. The maximum atomic E-state index is 14.0. The van der Waals surface area contributed by atoms with Crippen LogP contribution in [0.2, 0.25) is 0 Å². The minimum Gasteiger partial charge on any atom is -0.478 e. The molecule has 4 nitrogen and oxygen atoms in total. The second kappa shape index (κ2) is 5.54. The molecule has 2 fully saturated rings. The van der Waals surface area contributed by atoms with Gasteiger partial charge in [0.15, 0.2) is 0 Å². The van der Waals surface area contributed by atoms with Crippen molar-refractivity contribution in [1.29, 1.82) is 0 Å². The SMILES string of the molecule is Nc1cc(C(=O)O)c(F)cc1N1CCCC1C1CCCC1. The van der Waals surface area contributed by atoms with E-state index in [4.69, 9.17) is 10.8 Å². The first kappa shape index (κ1) is 14.2. The van der Waals surface area contributed by atoms with Crippen LogP contribution in [0.1, 0.15) is 48.9 Å². The van der Waals surface area contributed by atoms with Gasteiger partial charge in [0.1, 0.15) is 5.82 Å². The van der Waals surface area contributed by atoms with Crippen LogP contribution in [-0.2, 0) is 0 Å². The lowest BCUT2D eigenvalue weighted by Crippen LogP contribution is -2.35. The van der Waals surface area contributed by atoms with Crippen LogP contribution in [0.3, 0.4) is 0 Å². The Morgan fingerprint density at radius 3 is 2.62 bits per heavy atom. The zero-order valence-electron chi connectivity index (χ0n) is 12.0. The quantitative estimate of drug-likeness (QED) is 0.839. The molecule has 21 heavy (non-hydrogen) atoms. The zero-order valence-corrected chi connectivity index (χ0v) is 12.0. The smallest absolute Gasteiger partial charge is 0.338 e. The topological polar surface area (TPSA) is 66.6 Å². The van der Waals surface area contributed by atoms with Gasteiger partial charge in [0.25, 0.3) is 0 Å². The van der Waals surface area contributed by atoms with E-state index in [1.807, 2.05) is 0 Å². The minimum absolute atomic E-state index is 0.354. The molecule has 1 saturated carbocycles. The molecule has 0 spiro atoms. The molecule has 0 radical (unpaired) electrons. The Kier molecular flexibility index (Phi) is 3.74. The summed E-state index contributed by atoms with van der Waals surface area (Å²) in [5, 5.41) is 8.96. The summed E-state index contributed by atoms with van der Waals surface area (Å²) in [7, 11) is 0. The number of hydrogen-bond acceptors (Lipinski definition) is 3. The Balaban J connectivity index is 1.91. The van der Waals surface area contributed by atoms with Crippen molar-refractivity contribution < 1.29 is 14.3 Å². The van der Waals surface area contributed by atoms with E-state index in [0.717, 1.165) is 19.4 Å². The summed E-state index contributed by atoms with van der Waals surface area (Å²) < 4.78 is 14.0. The van der Waals surface area contributed by atoms with Gasteiger partial charge in [0, 0.05) is 18.7 Å². The Hall–Kier alpha value is -1.78. The van der Waals surface area contributed by atoms with Crippen molar-refractivity contribution in [3.63, 3.8) is 0 Å². The van der Waals surface area contributed by atoms with E-state index in [0.29, 0.717) is 23.3 Å². The number of hydrogen-bond donors (Lipinski definition) is 2. The van der Waals surface area contributed by atoms with Gasteiger partial charge in [-0.25, -0.2) is 9.18 Å². The first-order chi connectivity index (χ1) is 10.1. The van der Waals surface area contributed by atoms with Gasteiger partial charge < -0.3 is 15.7 Å². The normalized spacial score (nSPS) is 22.9. The number of nitrogens with zero attached hydrogens (tertiary/aromatic N) is 1. The number of carbonyl (C=O) groups is 1. The van der Waals surface area contributed by atoms with Crippen molar-refractivity contribution in [3.05, 3.63) is 23.5 Å². The maximum absolute atomic E-state index is 14.0. The monoisotopic (exact) mass is 292 g/mol. The number of carboxylic acids is 1. The van der Waals surface area contributed by atoms with Crippen LogP contribution in [0.4, 0.5) is 15.8 Å². The average molecular weight is 292 g/mol. The van der Waals surface area contributed by atoms with Crippen molar-refractivity contribution in [2.75, 3.05) is 17.2 Å². The molecule has 5 heteroatoms. The molecule has 3 rings (SSSR count). The minimum atomic E-state index is -1.28. The molecule has 1 unspecified atom stereocenters. The summed E-state index contributed by atoms with van der Waals surface area (Å²) >= 11 is 0. The van der Waals surface area contributed by atoms with Crippen LogP contribution < -0.4 is 10.6 Å². The van der Waals surface area contributed by atoms with Gasteiger partial charge in [-0.1, -0.05) is 12.8 Å². The number of nitrogen functional groups attached to an aromatic ring is 1. The van der Waals surface area contributed by atoms with E-state index in [-0.39, 0.29) is 5.56 Å². The second-order valence-corrected chi connectivity index (χ2v) is 6.14. The third-order valence-electron chi connectivity index (χ3n) is 4.90. The Labute approximate surface area is 123 Å². The Morgan fingerprint density at radius 2 is 1.95 bits per heavy atom. The van der Waals surface area contributed by atoms with Crippen molar-refractivity contribution in [2.45, 2.75) is 44.6 Å². The van der Waals surface area contributed by atoms with E-state index in [1.54, 1.807) is 0 Å². The molecule has 0 aromatic heterocycles. The van der Waals surface area contributed by atoms with Gasteiger partial charge in [-0.05, 0) is 37.7 Å². The number of benzene rings is 1. The highest BCUT2D eigenvalue weighted by molar-refractivity contribution is 5.91. The van der Waals surface area contributed by atoms with E-state index < -0.39 is 11.8 Å². The highest BCUT2D eigenvalue weighted by Crippen LogP contribution is 2.40. The lowest BCUT2D eigenvalue weighted by Gasteiger charge is -2.32. The molecule has 1 heterocycles. The summed E-state index contributed by atoms with van der Waals surface area (Å²) in [6.07, 6.45) is 7.22. The van der Waals surface area contributed by atoms with Crippen molar-refractivity contribution in [2.24, 2.45) is 5.92 Å². The number of rotatable bonds is 3. The van der Waals surface area contributed by atoms with Gasteiger partial charge >= 0.3 is 5.97 Å². The van der Waals surface area contributed by atoms with Crippen LogP contribution in [0, 0.1) is 11.7 Å². The lowest BCUT2D eigenvalue weighted by atomic mass is 9.95. The third kappa shape index (κ3) is 2.57. The molecule has 0 bridgehead atoms. The molecule has 1 saturated heterocycles. The fourth-order valence-corrected chi connectivity index (χ4v) is 3.92. The van der Waals surface area contributed by atoms with Crippen molar-refractivity contribution in [3.8, 4) is 0 Å². The van der Waals surface area contributed by atoms with Crippen LogP contribution in [0.25, 0.3) is 0 Å². The van der Waals surface area contributed by atoms with E-state index in [9.17, 15) is 9.18 Å². The van der Waals surface area contributed by atoms with Gasteiger partial charge in [0.05, 0.1) is 16.9 Å². The summed E-state index contributed by atoms with van der Waals surface area (Å²) in [4.78, 5) is 13.2. The molecule has 114 valence electrons. The van der Waals surface area contributed by atoms with Crippen LogP contribution >= 0.6 is 0 Å². The molecule has 0 amide bonds. The molecule has 1 aromatic rings. The molecular formula is C16H21FN2O2. The molecule has 2 aliphatic rings. The number of nitrogens with two attached hydrogens (primary N) is 1. The lowest BCUT2D eigenvalue weighted by molar-refractivity contribution is 0.0692. The highest BCUT2D eigenvalue weighted by atomic mass is 19.1. The average Bonchev–Trinajstić information content (AvgIpc) is 3.09. The summed E-state index contributed by atoms with van der Waals surface area (Å²) in [6, 6.07) is 2.97. The van der Waals surface area contributed by atoms with Crippen molar-refractivity contribution in [1.82, 2.24) is 0 Å². The maximum Gasteiger partial charge on any atom is 0.338 e. The predicted molar refractivity (Wildman–Crippen MR) is 80.1 cm³/mol. The van der Waals surface area contributed by atoms with Gasteiger partial charge in [0.2, 0.25) is 0 Å². The van der Waals surface area contributed by atoms with E-state index >= 15 is 0 Å². The molecule has 1 aliphatic heterocycles. The summed E-state index contributed by atoms with van der Waals surface area (Å²) in [5.41, 5.74) is 6.66. The van der Waals surface area contributed by atoms with Gasteiger partial charge in [-0.15, -0.1) is 0 Å².